The van der Waals surface area contributed by atoms with E-state index in [9.17, 15) is 18.0 Å². The molecule has 0 aliphatic heterocycles. The van der Waals surface area contributed by atoms with Crippen molar-refractivity contribution in [2.24, 2.45) is 0 Å². The summed E-state index contributed by atoms with van der Waals surface area (Å²) in [5, 5.41) is 7.10. The largest absolute Gasteiger partial charge is 0.416 e. The van der Waals surface area contributed by atoms with Gasteiger partial charge in [0.1, 0.15) is 5.65 Å². The first-order chi connectivity index (χ1) is 17.7. The van der Waals surface area contributed by atoms with Crippen LogP contribution >= 0.6 is 0 Å². The minimum atomic E-state index is -4.56. The van der Waals surface area contributed by atoms with Gasteiger partial charge in [0.05, 0.1) is 5.56 Å². The quantitative estimate of drug-likeness (QED) is 0.238. The normalized spacial score (nSPS) is 11.8. The molecular weight excluding hydrogens is 479 g/mol. The summed E-state index contributed by atoms with van der Waals surface area (Å²) in [6.07, 6.45) is -0.936. The Morgan fingerprint density at radius 2 is 1.84 bits per heavy atom. The van der Waals surface area contributed by atoms with Gasteiger partial charge >= 0.3 is 6.18 Å². The summed E-state index contributed by atoms with van der Waals surface area (Å²) in [6.45, 7) is 7.71. The fraction of sp³-hybridized carbons (Fsp3) is 0.286. The van der Waals surface area contributed by atoms with Gasteiger partial charge in [-0.3, -0.25) is 9.69 Å². The highest BCUT2D eigenvalue weighted by atomic mass is 19.4. The number of carbonyl (C=O) groups is 1. The molecule has 3 N–H and O–H groups in total. The number of amides is 1. The van der Waals surface area contributed by atoms with E-state index in [4.69, 9.17) is 0 Å². The molecule has 0 bridgehead atoms. The molecule has 0 atom stereocenters. The van der Waals surface area contributed by atoms with E-state index in [-0.39, 0.29) is 17.7 Å². The van der Waals surface area contributed by atoms with Crippen LogP contribution in [0.3, 0.4) is 0 Å². The number of aryl methyl sites for hydroxylation is 1. The zero-order valence-electron chi connectivity index (χ0n) is 21.0. The number of nitrogens with one attached hydrogen (secondary N) is 3. The Labute approximate surface area is 213 Å². The summed E-state index contributed by atoms with van der Waals surface area (Å²) >= 11 is 0. The summed E-state index contributed by atoms with van der Waals surface area (Å²) in [6, 6.07) is 13.1. The van der Waals surface area contributed by atoms with Gasteiger partial charge in [-0.05, 0) is 73.1 Å². The van der Waals surface area contributed by atoms with Crippen LogP contribution in [0, 0.1) is 6.92 Å². The second-order valence-corrected chi connectivity index (χ2v) is 8.93. The number of benzene rings is 2. The summed E-state index contributed by atoms with van der Waals surface area (Å²) in [4.78, 5) is 22.2. The molecule has 9 heteroatoms. The van der Waals surface area contributed by atoms with Gasteiger partial charge in [0.2, 0.25) is 0 Å². The van der Waals surface area contributed by atoms with E-state index in [2.05, 4.69) is 20.6 Å². The molecule has 37 heavy (non-hydrogen) atoms. The fourth-order valence-electron chi connectivity index (χ4n) is 4.18. The van der Waals surface area contributed by atoms with Gasteiger partial charge in [-0.15, -0.1) is 0 Å². The van der Waals surface area contributed by atoms with Crippen LogP contribution in [-0.4, -0.2) is 33.9 Å². The molecule has 1 amide bonds. The van der Waals surface area contributed by atoms with Crippen molar-refractivity contribution >= 4 is 28.3 Å². The highest BCUT2D eigenvalue weighted by Gasteiger charge is 2.34. The lowest BCUT2D eigenvalue weighted by atomic mass is 10.0. The number of nitrogens with zero attached hydrogens (tertiary/aromatic N) is 2. The number of pyridine rings is 1. The molecule has 0 spiro atoms. The average molecular weight is 510 g/mol. The Balaban J connectivity index is 1.49. The zero-order valence-corrected chi connectivity index (χ0v) is 21.0. The van der Waals surface area contributed by atoms with Crippen LogP contribution in [0.25, 0.3) is 11.0 Å². The number of rotatable bonds is 9. The maximum absolute atomic E-state index is 13.8. The lowest BCUT2D eigenvalue weighted by Gasteiger charge is -2.21. The predicted molar refractivity (Wildman–Crippen MR) is 141 cm³/mol. The first-order valence-corrected chi connectivity index (χ1v) is 12.2. The van der Waals surface area contributed by atoms with Crippen LogP contribution in [0.1, 0.15) is 46.5 Å². The van der Waals surface area contributed by atoms with Crippen molar-refractivity contribution in [3.8, 4) is 0 Å². The third-order valence-electron chi connectivity index (χ3n) is 6.40. The van der Waals surface area contributed by atoms with Gasteiger partial charge in [-0.25, -0.2) is 4.98 Å². The standard InChI is InChI=1S/C28H30F3N5O/c1-4-36(5-2)17-22-8-7-21(13-24(22)28(29,30)31)27(37)35-23-9-6-18(3)25(14-23)33-15-19-12-20-10-11-32-26(20)34-16-19/h6-14,16,33H,4-5,15,17H2,1-3H3,(H,32,34)(H,35,37). The summed E-state index contributed by atoms with van der Waals surface area (Å²) in [5.74, 6) is -0.600. The number of aromatic amines is 1. The number of carbonyl (C=O) groups excluding carboxylic acids is 1. The Morgan fingerprint density at radius 3 is 2.57 bits per heavy atom. The molecule has 0 radical (unpaired) electrons. The predicted octanol–water partition coefficient (Wildman–Crippen LogP) is 6.60. The molecule has 4 rings (SSSR count). The minimum absolute atomic E-state index is 0.0448. The highest BCUT2D eigenvalue weighted by molar-refractivity contribution is 6.04. The number of halogens is 3. The van der Waals surface area contributed by atoms with Crippen LogP contribution < -0.4 is 10.6 Å². The molecule has 0 fully saturated rings. The van der Waals surface area contributed by atoms with Crippen LogP contribution in [-0.2, 0) is 19.3 Å². The second-order valence-electron chi connectivity index (χ2n) is 8.93. The Hall–Kier alpha value is -3.85. The SMILES string of the molecule is CCN(CC)Cc1ccc(C(=O)Nc2ccc(C)c(NCc3cnc4[nH]ccc4c3)c2)cc1C(F)(F)F. The maximum atomic E-state index is 13.8. The molecule has 0 saturated heterocycles. The molecular formula is C28H30F3N5O. The lowest BCUT2D eigenvalue weighted by Crippen LogP contribution is -2.24. The van der Waals surface area contributed by atoms with Crippen molar-refractivity contribution < 1.29 is 18.0 Å². The summed E-state index contributed by atoms with van der Waals surface area (Å²) < 4.78 is 41.4. The average Bonchev–Trinajstić information content (AvgIpc) is 3.35. The molecule has 0 unspecified atom stereocenters. The number of hydrogen-bond donors (Lipinski definition) is 3. The monoisotopic (exact) mass is 509 g/mol. The van der Waals surface area contributed by atoms with Crippen LogP contribution in [0.5, 0.6) is 0 Å². The van der Waals surface area contributed by atoms with E-state index in [0.29, 0.717) is 25.3 Å². The first kappa shape index (κ1) is 26.2. The smallest absolute Gasteiger partial charge is 0.381 e. The number of anilines is 2. The summed E-state index contributed by atoms with van der Waals surface area (Å²) in [5.41, 5.74) is 3.39. The molecule has 194 valence electrons. The third kappa shape index (κ3) is 6.29. The molecule has 4 aromatic rings. The lowest BCUT2D eigenvalue weighted by molar-refractivity contribution is -0.138. The van der Waals surface area contributed by atoms with E-state index >= 15 is 0 Å². The number of hydrogen-bond acceptors (Lipinski definition) is 4. The van der Waals surface area contributed by atoms with Gasteiger partial charge in [0.15, 0.2) is 0 Å². The molecule has 6 nitrogen and oxygen atoms in total. The van der Waals surface area contributed by atoms with Gasteiger partial charge in [-0.2, -0.15) is 13.2 Å². The molecule has 2 heterocycles. The topological polar surface area (TPSA) is 73.1 Å². The van der Waals surface area contributed by atoms with Gasteiger partial charge in [0.25, 0.3) is 5.91 Å². The summed E-state index contributed by atoms with van der Waals surface area (Å²) in [7, 11) is 0. The number of H-pyrrole nitrogens is 1. The van der Waals surface area contributed by atoms with E-state index in [1.54, 1.807) is 18.3 Å². The Morgan fingerprint density at radius 1 is 1.05 bits per heavy atom. The van der Waals surface area contributed by atoms with Gasteiger partial charge < -0.3 is 15.6 Å². The van der Waals surface area contributed by atoms with Crippen molar-refractivity contribution in [3.05, 3.63) is 88.7 Å². The zero-order chi connectivity index (χ0) is 26.6. The Kier molecular flexibility index (Phi) is 7.83. The van der Waals surface area contributed by atoms with Crippen molar-refractivity contribution in [3.63, 3.8) is 0 Å². The van der Waals surface area contributed by atoms with Gasteiger partial charge in [-0.1, -0.05) is 26.0 Å². The van der Waals surface area contributed by atoms with E-state index in [0.717, 1.165) is 33.9 Å². The van der Waals surface area contributed by atoms with Crippen molar-refractivity contribution in [2.75, 3.05) is 23.7 Å². The number of fused-ring (bicyclic) bond motifs is 1. The molecule has 2 aromatic heterocycles. The Bertz CT molecular complexity index is 1390. The molecule has 0 saturated carbocycles. The number of aromatic nitrogens is 2. The van der Waals surface area contributed by atoms with Crippen LogP contribution in [0.15, 0.2) is 60.9 Å². The van der Waals surface area contributed by atoms with E-state index in [1.165, 1.54) is 12.1 Å². The van der Waals surface area contributed by atoms with E-state index < -0.39 is 17.6 Å². The van der Waals surface area contributed by atoms with E-state index in [1.807, 2.05) is 50.1 Å². The maximum Gasteiger partial charge on any atom is 0.416 e. The fourth-order valence-corrected chi connectivity index (χ4v) is 4.18. The molecule has 0 aliphatic carbocycles. The highest BCUT2D eigenvalue weighted by Crippen LogP contribution is 2.33. The van der Waals surface area contributed by atoms with Crippen molar-refractivity contribution in [1.29, 1.82) is 0 Å². The molecule has 0 aliphatic rings. The first-order valence-electron chi connectivity index (χ1n) is 12.2. The van der Waals surface area contributed by atoms with Crippen molar-refractivity contribution in [2.45, 2.75) is 40.0 Å². The van der Waals surface area contributed by atoms with Crippen LogP contribution in [0.4, 0.5) is 24.5 Å². The van der Waals surface area contributed by atoms with Gasteiger partial charge in [0, 0.05) is 47.8 Å². The molecule has 2 aromatic carbocycles. The third-order valence-corrected chi connectivity index (χ3v) is 6.40. The van der Waals surface area contributed by atoms with Crippen LogP contribution in [0.2, 0.25) is 0 Å². The second kappa shape index (κ2) is 11.0. The number of alkyl halides is 3. The minimum Gasteiger partial charge on any atom is -0.381 e. The van der Waals surface area contributed by atoms with Crippen molar-refractivity contribution in [1.82, 2.24) is 14.9 Å².